The molecule has 2 unspecified atom stereocenters. The maximum absolute atomic E-state index is 11.5. The van der Waals surface area contributed by atoms with Gasteiger partial charge < -0.3 is 9.67 Å². The van der Waals surface area contributed by atoms with Crippen LogP contribution in [-0.4, -0.2) is 25.4 Å². The van der Waals surface area contributed by atoms with Gasteiger partial charge in [-0.05, 0) is 24.3 Å². The summed E-state index contributed by atoms with van der Waals surface area (Å²) in [6, 6.07) is 2.02. The first kappa shape index (κ1) is 13.8. The van der Waals surface area contributed by atoms with Gasteiger partial charge >= 0.3 is 0 Å². The van der Waals surface area contributed by atoms with Crippen LogP contribution in [0.4, 0.5) is 0 Å². The van der Waals surface area contributed by atoms with Gasteiger partial charge in [0.1, 0.15) is 0 Å². The molecule has 1 aromatic heterocycles. The number of rotatable bonds is 4. The number of hydrogen-bond donors (Lipinski definition) is 1. The average molecular weight is 269 g/mol. The number of aryl methyl sites for hydroxylation is 1. The average Bonchev–Trinajstić information content (AvgIpc) is 2.67. The summed E-state index contributed by atoms with van der Waals surface area (Å²) < 4.78 is 13.7. The summed E-state index contributed by atoms with van der Waals surface area (Å²) in [7, 11) is -0.724. The van der Waals surface area contributed by atoms with E-state index in [9.17, 15) is 9.32 Å². The Labute approximate surface area is 112 Å². The van der Waals surface area contributed by atoms with E-state index in [4.69, 9.17) is 0 Å². The molecule has 0 spiro atoms. The van der Waals surface area contributed by atoms with Crippen molar-refractivity contribution in [1.29, 1.82) is 0 Å². The van der Waals surface area contributed by atoms with Crippen LogP contribution in [0.2, 0.25) is 0 Å². The molecule has 0 radical (unpaired) electrons. The van der Waals surface area contributed by atoms with Gasteiger partial charge in [-0.1, -0.05) is 20.8 Å². The van der Waals surface area contributed by atoms with E-state index >= 15 is 0 Å². The van der Waals surface area contributed by atoms with E-state index in [0.717, 1.165) is 30.7 Å². The molecule has 2 atom stereocenters. The summed E-state index contributed by atoms with van der Waals surface area (Å²) in [5.74, 6) is 1.42. The van der Waals surface area contributed by atoms with Crippen LogP contribution in [-0.2, 0) is 23.8 Å². The normalized spacial score (nSPS) is 23.7. The minimum absolute atomic E-state index is 0.145. The van der Waals surface area contributed by atoms with E-state index in [-0.39, 0.29) is 11.5 Å². The molecule has 0 aromatic carbocycles. The molecule has 4 heteroatoms. The van der Waals surface area contributed by atoms with Gasteiger partial charge in [-0.3, -0.25) is 4.21 Å². The Kier molecular flexibility index (Phi) is 3.97. The Balaban J connectivity index is 2.17. The highest BCUT2D eigenvalue weighted by atomic mass is 32.2. The lowest BCUT2D eigenvalue weighted by Gasteiger charge is -2.34. The van der Waals surface area contributed by atoms with Crippen LogP contribution in [0.25, 0.3) is 0 Å². The molecule has 0 saturated heterocycles. The molecule has 0 saturated carbocycles. The van der Waals surface area contributed by atoms with E-state index in [2.05, 4.69) is 18.4 Å². The Morgan fingerprint density at radius 3 is 2.94 bits per heavy atom. The third kappa shape index (κ3) is 2.86. The van der Waals surface area contributed by atoms with Crippen molar-refractivity contribution in [2.24, 2.45) is 5.41 Å². The highest BCUT2D eigenvalue weighted by molar-refractivity contribution is 7.84. The van der Waals surface area contributed by atoms with E-state index in [1.54, 1.807) is 0 Å². The zero-order chi connectivity index (χ0) is 13.3. The molecule has 0 aliphatic heterocycles. The zero-order valence-electron chi connectivity index (χ0n) is 11.5. The number of aliphatic hydroxyl groups excluding tert-OH is 1. The molecule has 1 aromatic rings. The van der Waals surface area contributed by atoms with Crippen molar-refractivity contribution in [1.82, 2.24) is 4.57 Å². The van der Waals surface area contributed by atoms with Crippen LogP contribution < -0.4 is 0 Å². The summed E-state index contributed by atoms with van der Waals surface area (Å²) in [5, 5.41) is 10.2. The minimum Gasteiger partial charge on any atom is -0.388 e. The van der Waals surface area contributed by atoms with Crippen LogP contribution >= 0.6 is 0 Å². The first-order chi connectivity index (χ1) is 8.43. The van der Waals surface area contributed by atoms with E-state index in [1.165, 1.54) is 5.69 Å². The predicted molar refractivity (Wildman–Crippen MR) is 75.0 cm³/mol. The van der Waals surface area contributed by atoms with Crippen LogP contribution in [0.3, 0.4) is 0 Å². The molecule has 1 N–H and O–H groups in total. The van der Waals surface area contributed by atoms with Gasteiger partial charge in [0.15, 0.2) is 0 Å². The second-order valence-electron chi connectivity index (χ2n) is 5.90. The van der Waals surface area contributed by atoms with Crippen LogP contribution in [0, 0.1) is 5.41 Å². The van der Waals surface area contributed by atoms with Crippen molar-refractivity contribution in [3.63, 3.8) is 0 Å². The number of hydrogen-bond acceptors (Lipinski definition) is 2. The number of nitrogens with zero attached hydrogens (tertiary/aromatic N) is 1. The molecular formula is C14H23NO2S. The topological polar surface area (TPSA) is 42.2 Å². The monoisotopic (exact) mass is 269 g/mol. The maximum Gasteiger partial charge on any atom is 0.0812 e. The lowest BCUT2D eigenvalue weighted by molar-refractivity contribution is 0.0980. The standard InChI is InChI=1S/C14H23NO2S/c1-4-18(17)8-7-15-6-5-11-12(15)9-14(2,3)10-13(11)16/h5-6,13,16H,4,7-10H2,1-3H3. The zero-order valence-corrected chi connectivity index (χ0v) is 12.3. The molecule has 1 aliphatic carbocycles. The summed E-state index contributed by atoms with van der Waals surface area (Å²) in [5.41, 5.74) is 2.44. The van der Waals surface area contributed by atoms with Crippen molar-refractivity contribution in [2.45, 2.75) is 46.3 Å². The van der Waals surface area contributed by atoms with Gasteiger partial charge in [0.2, 0.25) is 0 Å². The Morgan fingerprint density at radius 2 is 2.28 bits per heavy atom. The first-order valence-electron chi connectivity index (χ1n) is 6.64. The molecule has 2 rings (SSSR count). The minimum atomic E-state index is -0.724. The number of aliphatic hydroxyl groups is 1. The smallest absolute Gasteiger partial charge is 0.0812 e. The molecule has 0 fully saturated rings. The van der Waals surface area contributed by atoms with E-state index in [0.29, 0.717) is 5.75 Å². The molecular weight excluding hydrogens is 246 g/mol. The quantitative estimate of drug-likeness (QED) is 0.911. The summed E-state index contributed by atoms with van der Waals surface area (Å²) in [6.07, 6.45) is 3.50. The van der Waals surface area contributed by atoms with E-state index in [1.807, 2.05) is 19.2 Å². The van der Waals surface area contributed by atoms with Gasteiger partial charge in [-0.15, -0.1) is 0 Å². The Morgan fingerprint density at radius 1 is 1.56 bits per heavy atom. The van der Waals surface area contributed by atoms with Crippen molar-refractivity contribution >= 4 is 10.8 Å². The molecule has 1 aliphatic rings. The SMILES string of the molecule is CCS(=O)CCn1ccc2c1CC(C)(C)CC2O. The van der Waals surface area contributed by atoms with E-state index < -0.39 is 10.8 Å². The highest BCUT2D eigenvalue weighted by Crippen LogP contribution is 2.40. The van der Waals surface area contributed by atoms with Gasteiger partial charge in [0.25, 0.3) is 0 Å². The largest absolute Gasteiger partial charge is 0.388 e. The summed E-state index contributed by atoms with van der Waals surface area (Å²) in [4.78, 5) is 0. The Hall–Kier alpha value is -0.610. The summed E-state index contributed by atoms with van der Waals surface area (Å²) in [6.45, 7) is 7.13. The lowest BCUT2D eigenvalue weighted by Crippen LogP contribution is -2.27. The van der Waals surface area contributed by atoms with Gasteiger partial charge in [-0.2, -0.15) is 0 Å². The summed E-state index contributed by atoms with van der Waals surface area (Å²) >= 11 is 0. The highest BCUT2D eigenvalue weighted by Gasteiger charge is 2.33. The third-order valence-corrected chi connectivity index (χ3v) is 5.03. The van der Waals surface area contributed by atoms with Crippen molar-refractivity contribution in [3.8, 4) is 0 Å². The molecule has 3 nitrogen and oxygen atoms in total. The molecule has 102 valence electrons. The molecule has 0 amide bonds. The van der Waals surface area contributed by atoms with Gasteiger partial charge in [-0.25, -0.2) is 0 Å². The van der Waals surface area contributed by atoms with Crippen molar-refractivity contribution in [2.75, 3.05) is 11.5 Å². The lowest BCUT2D eigenvalue weighted by atomic mass is 9.75. The maximum atomic E-state index is 11.5. The number of aromatic nitrogens is 1. The molecule has 0 bridgehead atoms. The second kappa shape index (κ2) is 5.17. The van der Waals surface area contributed by atoms with Crippen molar-refractivity contribution in [3.05, 3.63) is 23.5 Å². The molecule has 18 heavy (non-hydrogen) atoms. The third-order valence-electron chi connectivity index (χ3n) is 3.75. The Bertz CT molecular complexity index is 451. The first-order valence-corrected chi connectivity index (χ1v) is 8.12. The fourth-order valence-electron chi connectivity index (χ4n) is 2.74. The fourth-order valence-corrected chi connectivity index (χ4v) is 3.43. The van der Waals surface area contributed by atoms with Gasteiger partial charge in [0, 0.05) is 46.3 Å². The van der Waals surface area contributed by atoms with Crippen molar-refractivity contribution < 1.29 is 9.32 Å². The predicted octanol–water partition coefficient (Wildman–Crippen LogP) is 2.26. The van der Waals surface area contributed by atoms with Crippen LogP contribution in [0.15, 0.2) is 12.3 Å². The molecule has 1 heterocycles. The van der Waals surface area contributed by atoms with Crippen LogP contribution in [0.5, 0.6) is 0 Å². The second-order valence-corrected chi connectivity index (χ2v) is 7.77. The van der Waals surface area contributed by atoms with Gasteiger partial charge in [0.05, 0.1) is 6.10 Å². The fraction of sp³-hybridized carbons (Fsp3) is 0.714. The van der Waals surface area contributed by atoms with Crippen LogP contribution in [0.1, 0.15) is 44.6 Å². The number of fused-ring (bicyclic) bond motifs is 1.